The molecule has 0 spiro atoms. The standard InChI is InChI=1S/C20H27N7O/c1-25-10-11-27(19(25)28)17-6-9-21-18(23-17)24-20(7-8-20)16-13-26(14-22-16)12-15-4-2-3-5-15/h6,9,13-15H,2-5,7-8,10-12H2,1H3,(H,21,23,24). The Morgan fingerprint density at radius 1 is 1.21 bits per heavy atom. The fourth-order valence-electron chi connectivity index (χ4n) is 4.40. The molecule has 0 radical (unpaired) electrons. The summed E-state index contributed by atoms with van der Waals surface area (Å²) in [5.74, 6) is 2.00. The Balaban J connectivity index is 1.30. The second-order valence-electron chi connectivity index (χ2n) is 8.41. The molecule has 3 fully saturated rings. The van der Waals surface area contributed by atoms with E-state index in [0.717, 1.165) is 31.0 Å². The fourth-order valence-corrected chi connectivity index (χ4v) is 4.40. The summed E-state index contributed by atoms with van der Waals surface area (Å²) in [5.41, 5.74) is 0.891. The number of amides is 2. The molecule has 0 bridgehead atoms. The molecule has 8 nitrogen and oxygen atoms in total. The SMILES string of the molecule is CN1CCN(c2ccnc(NC3(c4cn(CC5CCCC5)cn4)CC3)n2)C1=O. The van der Waals surface area contributed by atoms with Crippen LogP contribution < -0.4 is 10.2 Å². The van der Waals surface area contributed by atoms with Gasteiger partial charge in [0.25, 0.3) is 0 Å². The lowest BCUT2D eigenvalue weighted by molar-refractivity contribution is 0.229. The Morgan fingerprint density at radius 2 is 2.04 bits per heavy atom. The summed E-state index contributed by atoms with van der Waals surface area (Å²) in [5, 5.41) is 3.49. The molecular weight excluding hydrogens is 354 g/mol. The van der Waals surface area contributed by atoms with E-state index in [2.05, 4.69) is 31.0 Å². The van der Waals surface area contributed by atoms with Crippen LogP contribution in [0.3, 0.4) is 0 Å². The van der Waals surface area contributed by atoms with Crippen LogP contribution >= 0.6 is 0 Å². The van der Waals surface area contributed by atoms with Gasteiger partial charge in [-0.25, -0.2) is 14.8 Å². The second kappa shape index (κ2) is 6.76. The van der Waals surface area contributed by atoms with E-state index in [9.17, 15) is 4.79 Å². The predicted molar refractivity (Wildman–Crippen MR) is 106 cm³/mol. The number of aromatic nitrogens is 4. The average Bonchev–Trinajstić information content (AvgIpc) is 3.07. The third kappa shape index (κ3) is 3.21. The maximum absolute atomic E-state index is 12.2. The Bertz CT molecular complexity index is 869. The van der Waals surface area contributed by atoms with E-state index in [-0.39, 0.29) is 11.6 Å². The molecule has 28 heavy (non-hydrogen) atoms. The van der Waals surface area contributed by atoms with E-state index in [4.69, 9.17) is 0 Å². The van der Waals surface area contributed by atoms with Crippen molar-refractivity contribution in [3.63, 3.8) is 0 Å². The van der Waals surface area contributed by atoms with Gasteiger partial charge in [-0.2, -0.15) is 4.98 Å². The van der Waals surface area contributed by atoms with E-state index >= 15 is 0 Å². The van der Waals surface area contributed by atoms with Crippen LogP contribution in [0.2, 0.25) is 0 Å². The van der Waals surface area contributed by atoms with E-state index in [0.29, 0.717) is 24.9 Å². The first kappa shape index (κ1) is 17.5. The van der Waals surface area contributed by atoms with Gasteiger partial charge in [0, 0.05) is 39.1 Å². The molecule has 2 saturated carbocycles. The molecule has 5 rings (SSSR count). The van der Waals surface area contributed by atoms with E-state index in [1.54, 1.807) is 22.1 Å². The Morgan fingerprint density at radius 3 is 2.75 bits per heavy atom. The summed E-state index contributed by atoms with van der Waals surface area (Å²) in [7, 11) is 1.81. The van der Waals surface area contributed by atoms with Crippen LogP contribution in [0.4, 0.5) is 16.6 Å². The summed E-state index contributed by atoms with van der Waals surface area (Å²) in [4.78, 5) is 29.3. The molecule has 2 aromatic rings. The number of urea groups is 1. The molecule has 1 saturated heterocycles. The van der Waals surface area contributed by atoms with Crippen LogP contribution in [0, 0.1) is 5.92 Å². The minimum atomic E-state index is -0.175. The highest BCUT2D eigenvalue weighted by Crippen LogP contribution is 2.47. The Hall–Kier alpha value is -2.64. The monoisotopic (exact) mass is 381 g/mol. The highest BCUT2D eigenvalue weighted by molar-refractivity contribution is 5.93. The third-order valence-corrected chi connectivity index (χ3v) is 6.30. The summed E-state index contributed by atoms with van der Waals surface area (Å²) in [6.45, 7) is 2.44. The zero-order valence-corrected chi connectivity index (χ0v) is 16.3. The number of carbonyl (C=O) groups excluding carboxylic acids is 1. The number of anilines is 2. The van der Waals surface area contributed by atoms with Gasteiger partial charge in [-0.3, -0.25) is 4.90 Å². The maximum Gasteiger partial charge on any atom is 0.325 e. The molecule has 2 aliphatic carbocycles. The molecule has 0 unspecified atom stereocenters. The predicted octanol–water partition coefficient (Wildman–Crippen LogP) is 2.84. The van der Waals surface area contributed by atoms with Gasteiger partial charge in [-0.05, 0) is 37.7 Å². The smallest absolute Gasteiger partial charge is 0.325 e. The number of hydrogen-bond acceptors (Lipinski definition) is 5. The van der Waals surface area contributed by atoms with Crippen molar-refractivity contribution in [2.24, 2.45) is 5.92 Å². The normalized spacial score (nSPS) is 21.5. The van der Waals surface area contributed by atoms with Crippen molar-refractivity contribution in [2.75, 3.05) is 30.4 Å². The summed E-state index contributed by atoms with van der Waals surface area (Å²) >= 11 is 0. The largest absolute Gasteiger partial charge is 0.343 e. The van der Waals surface area contributed by atoms with Crippen molar-refractivity contribution in [2.45, 2.75) is 50.6 Å². The van der Waals surface area contributed by atoms with Crippen LogP contribution in [0.1, 0.15) is 44.2 Å². The number of hydrogen-bond donors (Lipinski definition) is 1. The van der Waals surface area contributed by atoms with Crippen LogP contribution in [-0.4, -0.2) is 50.6 Å². The van der Waals surface area contributed by atoms with Crippen LogP contribution in [0.15, 0.2) is 24.8 Å². The van der Waals surface area contributed by atoms with E-state index in [1.807, 2.05) is 13.4 Å². The number of nitrogens with zero attached hydrogens (tertiary/aromatic N) is 6. The number of carbonyl (C=O) groups is 1. The van der Waals surface area contributed by atoms with Crippen molar-refractivity contribution in [1.82, 2.24) is 24.4 Å². The van der Waals surface area contributed by atoms with Gasteiger partial charge in [0.1, 0.15) is 5.82 Å². The molecule has 148 valence electrons. The lowest BCUT2D eigenvalue weighted by atomic mass is 10.1. The van der Waals surface area contributed by atoms with Gasteiger partial charge in [0.05, 0.1) is 17.6 Å². The van der Waals surface area contributed by atoms with Gasteiger partial charge in [-0.1, -0.05) is 12.8 Å². The first-order chi connectivity index (χ1) is 13.6. The van der Waals surface area contributed by atoms with Crippen molar-refractivity contribution in [1.29, 1.82) is 0 Å². The molecule has 1 aliphatic heterocycles. The van der Waals surface area contributed by atoms with Gasteiger partial charge in [0.2, 0.25) is 5.95 Å². The quantitative estimate of drug-likeness (QED) is 0.832. The molecule has 3 aliphatic rings. The second-order valence-corrected chi connectivity index (χ2v) is 8.41. The van der Waals surface area contributed by atoms with Crippen LogP contribution in [0.25, 0.3) is 0 Å². The molecule has 3 heterocycles. The van der Waals surface area contributed by atoms with Gasteiger partial charge in [-0.15, -0.1) is 0 Å². The summed E-state index contributed by atoms with van der Waals surface area (Å²) in [6.07, 6.45) is 13.3. The lowest BCUT2D eigenvalue weighted by Gasteiger charge is -2.18. The van der Waals surface area contributed by atoms with Crippen LogP contribution in [0.5, 0.6) is 0 Å². The van der Waals surface area contributed by atoms with Crippen LogP contribution in [-0.2, 0) is 12.1 Å². The lowest BCUT2D eigenvalue weighted by Crippen LogP contribution is -2.30. The molecule has 0 atom stereocenters. The number of nitrogens with one attached hydrogen (secondary N) is 1. The van der Waals surface area contributed by atoms with Gasteiger partial charge >= 0.3 is 6.03 Å². The van der Waals surface area contributed by atoms with Gasteiger partial charge < -0.3 is 14.8 Å². The minimum absolute atomic E-state index is 0.0172. The molecule has 2 amide bonds. The highest BCUT2D eigenvalue weighted by Gasteiger charge is 2.47. The molecular formula is C20H27N7O. The van der Waals surface area contributed by atoms with Crippen molar-refractivity contribution >= 4 is 17.8 Å². The Labute approximate surface area is 165 Å². The minimum Gasteiger partial charge on any atom is -0.343 e. The van der Waals surface area contributed by atoms with Crippen molar-refractivity contribution < 1.29 is 4.79 Å². The summed E-state index contributed by atoms with van der Waals surface area (Å²) < 4.78 is 2.24. The third-order valence-electron chi connectivity index (χ3n) is 6.30. The molecule has 0 aromatic carbocycles. The summed E-state index contributed by atoms with van der Waals surface area (Å²) in [6, 6.07) is 1.77. The molecule has 8 heteroatoms. The first-order valence-corrected chi connectivity index (χ1v) is 10.3. The van der Waals surface area contributed by atoms with Crippen molar-refractivity contribution in [3.8, 4) is 0 Å². The van der Waals surface area contributed by atoms with Crippen molar-refractivity contribution in [3.05, 3.63) is 30.5 Å². The average molecular weight is 381 g/mol. The first-order valence-electron chi connectivity index (χ1n) is 10.3. The highest BCUT2D eigenvalue weighted by atomic mass is 16.2. The number of rotatable bonds is 6. The zero-order chi connectivity index (χ0) is 19.1. The number of likely N-dealkylation sites (N-methyl/N-ethyl adjacent to an activating group) is 1. The fraction of sp³-hybridized carbons (Fsp3) is 0.600. The van der Waals surface area contributed by atoms with E-state index in [1.165, 1.54) is 25.7 Å². The maximum atomic E-state index is 12.2. The molecule has 2 aromatic heterocycles. The van der Waals surface area contributed by atoms with E-state index < -0.39 is 0 Å². The number of imidazole rings is 1. The molecule has 1 N–H and O–H groups in total. The topological polar surface area (TPSA) is 79.2 Å². The van der Waals surface area contributed by atoms with Gasteiger partial charge in [0.15, 0.2) is 0 Å². The zero-order valence-electron chi connectivity index (χ0n) is 16.3. The Kier molecular flexibility index (Phi) is 4.21.